The number of aryl methyl sites for hydroxylation is 1. The first-order chi connectivity index (χ1) is 19.8. The maximum absolute atomic E-state index is 4.22. The number of hydrogen-bond acceptors (Lipinski definition) is 1. The van der Waals surface area contributed by atoms with Crippen LogP contribution in [0, 0.1) is 18.5 Å². The molecule has 0 spiro atoms. The van der Waals surface area contributed by atoms with Crippen molar-refractivity contribution < 1.29 is 24.7 Å². The Kier molecular flexibility index (Phi) is 7.65. The van der Waals surface area contributed by atoms with Gasteiger partial charge in [-0.1, -0.05) is 73.1 Å². The van der Waals surface area contributed by atoms with Crippen LogP contribution < -0.4 is 4.57 Å². The van der Waals surface area contributed by atoms with E-state index >= 15 is 0 Å². The van der Waals surface area contributed by atoms with Gasteiger partial charge in [0.25, 0.3) is 0 Å². The average Bonchev–Trinajstić information content (AvgIpc) is 3.73. The number of pyridine rings is 1. The summed E-state index contributed by atoms with van der Waals surface area (Å²) in [6.45, 7) is 3.22. The molecule has 4 aromatic carbocycles. The fourth-order valence-electron chi connectivity index (χ4n) is 5.51. The van der Waals surface area contributed by atoms with Crippen LogP contribution in [0.2, 0.25) is 0 Å². The summed E-state index contributed by atoms with van der Waals surface area (Å²) in [6.07, 6.45) is 11.7. The van der Waals surface area contributed by atoms with Crippen molar-refractivity contribution in [1.29, 1.82) is 0 Å². The number of benzene rings is 4. The van der Waals surface area contributed by atoms with Crippen LogP contribution in [0.5, 0.6) is 0 Å². The van der Waals surface area contributed by atoms with Gasteiger partial charge < -0.3 is 18.5 Å². The molecule has 0 fully saturated rings. The number of unbranched alkanes of at least 4 members (excludes halogenated alkanes) is 1. The van der Waals surface area contributed by atoms with E-state index in [0.717, 1.165) is 23.5 Å². The SMILES string of the molecule is CCCC[n+]1[c-]n(-c2[c-]cc3c(c2)c2cccc4c5ccccc5n3c24)cc1.[Ir+3].[c-]1ccccc1-c1ccccn1. The molecule has 8 rings (SSSR count). The van der Waals surface area contributed by atoms with Gasteiger partial charge in [-0.25, -0.2) is 0 Å². The minimum Gasteiger partial charge on any atom is -0.363 e. The molecule has 0 aliphatic heterocycles. The van der Waals surface area contributed by atoms with E-state index in [2.05, 4.69) is 106 Å². The normalized spacial score (nSPS) is 11.1. The second-order valence-corrected chi connectivity index (χ2v) is 9.98. The molecule has 4 heterocycles. The first kappa shape index (κ1) is 26.9. The van der Waals surface area contributed by atoms with Crippen LogP contribution >= 0.6 is 0 Å². The zero-order chi connectivity index (χ0) is 26.9. The number of rotatable bonds is 5. The predicted octanol–water partition coefficient (Wildman–Crippen LogP) is 7.86. The Morgan fingerprint density at radius 2 is 1.61 bits per heavy atom. The van der Waals surface area contributed by atoms with Crippen LogP contribution in [0.4, 0.5) is 0 Å². The van der Waals surface area contributed by atoms with Crippen molar-refractivity contribution in [2.45, 2.75) is 26.3 Å². The fraction of sp³-hybridized carbons (Fsp3) is 0.111. The molecular weight excluding hydrogens is 681 g/mol. The van der Waals surface area contributed by atoms with Crippen LogP contribution in [-0.2, 0) is 26.7 Å². The average molecular weight is 709 g/mol. The third kappa shape index (κ3) is 4.93. The quantitative estimate of drug-likeness (QED) is 0.132. The van der Waals surface area contributed by atoms with E-state index in [4.69, 9.17) is 0 Å². The van der Waals surface area contributed by atoms with Crippen molar-refractivity contribution >= 4 is 38.1 Å². The summed E-state index contributed by atoms with van der Waals surface area (Å²) in [5.74, 6) is 0. The molecule has 5 heteroatoms. The van der Waals surface area contributed by atoms with Gasteiger partial charge in [-0.3, -0.25) is 0 Å². The Balaban J connectivity index is 0.000000196. The smallest absolute Gasteiger partial charge is 0.363 e. The van der Waals surface area contributed by atoms with Gasteiger partial charge in [0.1, 0.15) is 0 Å². The van der Waals surface area contributed by atoms with Gasteiger partial charge in [-0.2, -0.15) is 18.2 Å². The summed E-state index contributed by atoms with van der Waals surface area (Å²) < 4.78 is 6.56. The molecule has 0 N–H and O–H groups in total. The van der Waals surface area contributed by atoms with Crippen LogP contribution in [0.3, 0.4) is 0 Å². The Labute approximate surface area is 253 Å². The van der Waals surface area contributed by atoms with Gasteiger partial charge in [0.05, 0.1) is 6.54 Å². The Hall–Kier alpha value is -4.31. The zero-order valence-corrected chi connectivity index (χ0v) is 25.1. The summed E-state index contributed by atoms with van der Waals surface area (Å²) in [4.78, 5) is 4.22. The zero-order valence-electron chi connectivity index (χ0n) is 22.7. The van der Waals surface area contributed by atoms with Crippen molar-refractivity contribution in [3.8, 4) is 16.9 Å². The Morgan fingerprint density at radius 3 is 2.41 bits per heavy atom. The van der Waals surface area contributed by atoms with Crippen LogP contribution in [-0.4, -0.2) is 14.0 Å². The molecule has 0 amide bonds. The van der Waals surface area contributed by atoms with E-state index in [0.29, 0.717) is 0 Å². The van der Waals surface area contributed by atoms with Gasteiger partial charge in [0.2, 0.25) is 6.33 Å². The third-order valence-corrected chi connectivity index (χ3v) is 7.43. The Bertz CT molecular complexity index is 2000. The minimum absolute atomic E-state index is 0. The molecule has 0 saturated carbocycles. The topological polar surface area (TPSA) is 26.1 Å². The van der Waals surface area contributed by atoms with Crippen molar-refractivity contribution in [3.05, 3.63) is 134 Å². The van der Waals surface area contributed by atoms with Gasteiger partial charge in [0, 0.05) is 40.4 Å². The molecule has 0 saturated heterocycles. The summed E-state index contributed by atoms with van der Waals surface area (Å²) in [5.41, 5.74) is 6.81. The van der Waals surface area contributed by atoms with Gasteiger partial charge in [-0.15, -0.1) is 41.3 Å². The summed E-state index contributed by atoms with van der Waals surface area (Å²) in [6, 6.07) is 39.9. The summed E-state index contributed by atoms with van der Waals surface area (Å²) in [7, 11) is 0. The molecule has 0 bridgehead atoms. The number of imidazole rings is 1. The fourth-order valence-corrected chi connectivity index (χ4v) is 5.51. The molecule has 0 aliphatic carbocycles. The molecule has 0 aliphatic rings. The van der Waals surface area contributed by atoms with E-state index in [1.54, 1.807) is 6.20 Å². The van der Waals surface area contributed by atoms with Crippen molar-refractivity contribution in [2.75, 3.05) is 0 Å². The van der Waals surface area contributed by atoms with Crippen molar-refractivity contribution in [3.63, 3.8) is 0 Å². The van der Waals surface area contributed by atoms with E-state index in [1.165, 1.54) is 50.9 Å². The van der Waals surface area contributed by atoms with Crippen LogP contribution in [0.1, 0.15) is 19.8 Å². The molecule has 0 radical (unpaired) electrons. The first-order valence-corrected chi connectivity index (χ1v) is 13.8. The molecule has 4 aromatic heterocycles. The minimum atomic E-state index is 0. The van der Waals surface area contributed by atoms with E-state index in [-0.39, 0.29) is 20.1 Å². The number of fused-ring (bicyclic) bond motifs is 6. The molecule has 0 atom stereocenters. The predicted molar refractivity (Wildman–Crippen MR) is 162 cm³/mol. The van der Waals surface area contributed by atoms with E-state index in [9.17, 15) is 0 Å². The van der Waals surface area contributed by atoms with Crippen molar-refractivity contribution in [1.82, 2.24) is 14.0 Å². The number of aromatic nitrogens is 4. The van der Waals surface area contributed by atoms with E-state index in [1.807, 2.05) is 47.0 Å². The maximum atomic E-state index is 4.22. The van der Waals surface area contributed by atoms with Crippen LogP contribution in [0.15, 0.2) is 116 Å². The van der Waals surface area contributed by atoms with Gasteiger partial charge in [0.15, 0.2) is 0 Å². The van der Waals surface area contributed by atoms with Crippen molar-refractivity contribution in [2.24, 2.45) is 0 Å². The molecule has 8 aromatic rings. The summed E-state index contributed by atoms with van der Waals surface area (Å²) in [5, 5.41) is 5.19. The van der Waals surface area contributed by atoms with Gasteiger partial charge >= 0.3 is 20.1 Å². The molecule has 200 valence electrons. The summed E-state index contributed by atoms with van der Waals surface area (Å²) >= 11 is 0. The molecular formula is C36H28IrN4+. The molecule has 0 unspecified atom stereocenters. The first-order valence-electron chi connectivity index (χ1n) is 13.8. The number of hydrogen-bond donors (Lipinski definition) is 0. The number of para-hydroxylation sites is 2. The van der Waals surface area contributed by atoms with E-state index < -0.39 is 0 Å². The second kappa shape index (κ2) is 11.7. The molecule has 41 heavy (non-hydrogen) atoms. The molecule has 4 nitrogen and oxygen atoms in total. The maximum Gasteiger partial charge on any atom is 3.00 e. The largest absolute Gasteiger partial charge is 3.00 e. The third-order valence-electron chi connectivity index (χ3n) is 7.43. The monoisotopic (exact) mass is 709 g/mol. The number of nitrogens with zero attached hydrogens (tertiary/aromatic N) is 4. The standard InChI is InChI=1S/C25H20N3.C11H8N.Ir/c1-2-3-13-26-14-15-27(17-26)18-11-12-24-22(16-18)21-9-6-8-20-19-7-4-5-10-23(19)28(24)25(20)21;1-2-6-10(7-3-1)11-8-4-5-9-12-11;/h4-10,12,14-16H,2-3,13H2,1H3;1-6,8-9H;/q2*-1;+3. The second-order valence-electron chi connectivity index (χ2n) is 9.98. The van der Waals surface area contributed by atoms with Crippen LogP contribution in [0.25, 0.3) is 55.0 Å². The van der Waals surface area contributed by atoms with Gasteiger partial charge in [-0.05, 0) is 29.6 Å². The Morgan fingerprint density at radius 1 is 0.805 bits per heavy atom.